The minimum absolute atomic E-state index is 0.460. The Hall–Kier alpha value is -0.440. The van der Waals surface area contributed by atoms with Crippen LogP contribution >= 0.6 is 23.2 Å². The summed E-state index contributed by atoms with van der Waals surface area (Å²) in [6.45, 7) is 0.931. The second-order valence-corrected chi connectivity index (χ2v) is 3.06. The first kappa shape index (κ1) is 9.65. The van der Waals surface area contributed by atoms with Crippen molar-refractivity contribution in [2.24, 2.45) is 5.73 Å². The van der Waals surface area contributed by atoms with Crippen molar-refractivity contribution in [2.45, 2.75) is 0 Å². The van der Waals surface area contributed by atoms with Crippen molar-refractivity contribution in [3.8, 4) is 5.75 Å². The molecule has 2 nitrogen and oxygen atoms in total. The number of benzene rings is 1. The Bertz CT molecular complexity index is 265. The van der Waals surface area contributed by atoms with E-state index in [1.807, 2.05) is 0 Å². The standard InChI is InChI=1S/C8H9Cl2NO/c9-6-1-2-8(7(10)5-6)12-4-3-11/h1-2,5H,3-4,11H2. The predicted molar refractivity (Wildman–Crippen MR) is 51.0 cm³/mol. The van der Waals surface area contributed by atoms with E-state index in [-0.39, 0.29) is 0 Å². The maximum atomic E-state index is 5.81. The van der Waals surface area contributed by atoms with Crippen molar-refractivity contribution in [3.63, 3.8) is 0 Å². The lowest BCUT2D eigenvalue weighted by Gasteiger charge is -2.05. The molecule has 12 heavy (non-hydrogen) atoms. The minimum Gasteiger partial charge on any atom is -0.491 e. The number of halogens is 2. The Kier molecular flexibility index (Phi) is 3.66. The summed E-state index contributed by atoms with van der Waals surface area (Å²) in [6, 6.07) is 5.08. The SMILES string of the molecule is NCCOc1ccc(Cl)cc1Cl. The predicted octanol–water partition coefficient (Wildman–Crippen LogP) is 2.33. The van der Waals surface area contributed by atoms with Crippen molar-refractivity contribution in [3.05, 3.63) is 28.2 Å². The van der Waals surface area contributed by atoms with Gasteiger partial charge in [-0.05, 0) is 18.2 Å². The highest BCUT2D eigenvalue weighted by Crippen LogP contribution is 2.27. The topological polar surface area (TPSA) is 35.2 Å². The minimum atomic E-state index is 0.460. The van der Waals surface area contributed by atoms with Gasteiger partial charge in [0.2, 0.25) is 0 Å². The van der Waals surface area contributed by atoms with Crippen molar-refractivity contribution >= 4 is 23.2 Å². The molecule has 0 bridgehead atoms. The lowest BCUT2D eigenvalue weighted by Crippen LogP contribution is -2.10. The fraction of sp³-hybridized carbons (Fsp3) is 0.250. The van der Waals surface area contributed by atoms with E-state index >= 15 is 0 Å². The van der Waals surface area contributed by atoms with Gasteiger partial charge in [-0.15, -0.1) is 0 Å². The fourth-order valence-corrected chi connectivity index (χ4v) is 1.22. The second-order valence-electron chi connectivity index (χ2n) is 2.21. The highest BCUT2D eigenvalue weighted by Gasteiger charge is 2.00. The molecule has 0 aliphatic carbocycles. The van der Waals surface area contributed by atoms with E-state index in [0.717, 1.165) is 0 Å². The molecule has 2 N–H and O–H groups in total. The summed E-state index contributed by atoms with van der Waals surface area (Å²) in [6.07, 6.45) is 0. The Balaban J connectivity index is 2.72. The van der Waals surface area contributed by atoms with Crippen LogP contribution in [0.2, 0.25) is 10.0 Å². The number of hydrogen-bond donors (Lipinski definition) is 1. The fourth-order valence-electron chi connectivity index (χ4n) is 0.761. The van der Waals surface area contributed by atoms with Gasteiger partial charge in [-0.2, -0.15) is 0 Å². The third-order valence-corrected chi connectivity index (χ3v) is 1.80. The summed E-state index contributed by atoms with van der Waals surface area (Å²) in [5, 5.41) is 1.11. The first-order chi connectivity index (χ1) is 5.74. The highest BCUT2D eigenvalue weighted by atomic mass is 35.5. The van der Waals surface area contributed by atoms with Gasteiger partial charge in [-0.3, -0.25) is 0 Å². The van der Waals surface area contributed by atoms with E-state index in [2.05, 4.69) is 0 Å². The first-order valence-corrected chi connectivity index (χ1v) is 4.27. The first-order valence-electron chi connectivity index (χ1n) is 3.52. The number of ether oxygens (including phenoxy) is 1. The zero-order chi connectivity index (χ0) is 8.97. The van der Waals surface area contributed by atoms with E-state index in [4.69, 9.17) is 33.7 Å². The van der Waals surface area contributed by atoms with Gasteiger partial charge in [0.25, 0.3) is 0 Å². The molecule has 4 heteroatoms. The Morgan fingerprint density at radius 1 is 1.33 bits per heavy atom. The summed E-state index contributed by atoms with van der Waals surface area (Å²) in [5.74, 6) is 0.617. The van der Waals surface area contributed by atoms with Crippen LogP contribution in [-0.2, 0) is 0 Å². The second kappa shape index (κ2) is 4.55. The molecule has 0 saturated carbocycles. The molecular weight excluding hydrogens is 197 g/mol. The van der Waals surface area contributed by atoms with Crippen LogP contribution in [0, 0.1) is 0 Å². The van der Waals surface area contributed by atoms with E-state index < -0.39 is 0 Å². The van der Waals surface area contributed by atoms with Crippen LogP contribution in [0.5, 0.6) is 5.75 Å². The van der Waals surface area contributed by atoms with Gasteiger partial charge < -0.3 is 10.5 Å². The van der Waals surface area contributed by atoms with Crippen molar-refractivity contribution < 1.29 is 4.74 Å². The zero-order valence-corrected chi connectivity index (χ0v) is 7.90. The van der Waals surface area contributed by atoms with Gasteiger partial charge in [-0.25, -0.2) is 0 Å². The Morgan fingerprint density at radius 3 is 2.67 bits per heavy atom. The van der Waals surface area contributed by atoms with Gasteiger partial charge in [0.1, 0.15) is 12.4 Å². The van der Waals surface area contributed by atoms with E-state index in [9.17, 15) is 0 Å². The third-order valence-electron chi connectivity index (χ3n) is 1.27. The number of nitrogens with two attached hydrogens (primary N) is 1. The van der Waals surface area contributed by atoms with Crippen LogP contribution in [-0.4, -0.2) is 13.2 Å². The molecule has 0 atom stereocenters. The van der Waals surface area contributed by atoms with Gasteiger partial charge in [0.05, 0.1) is 5.02 Å². The van der Waals surface area contributed by atoms with Gasteiger partial charge in [-0.1, -0.05) is 23.2 Å². The molecule has 0 aliphatic rings. The molecule has 0 amide bonds. The van der Waals surface area contributed by atoms with Crippen LogP contribution in [0.4, 0.5) is 0 Å². The molecule has 0 spiro atoms. The van der Waals surface area contributed by atoms with Gasteiger partial charge in [0, 0.05) is 11.6 Å². The molecule has 0 radical (unpaired) electrons. The normalized spacial score (nSPS) is 9.92. The number of hydrogen-bond acceptors (Lipinski definition) is 2. The molecular formula is C8H9Cl2NO. The smallest absolute Gasteiger partial charge is 0.138 e. The third kappa shape index (κ3) is 2.55. The maximum Gasteiger partial charge on any atom is 0.138 e. The zero-order valence-electron chi connectivity index (χ0n) is 6.39. The molecule has 0 heterocycles. The summed E-state index contributed by atoms with van der Waals surface area (Å²) in [5.41, 5.74) is 5.26. The molecule has 0 unspecified atom stereocenters. The Morgan fingerprint density at radius 2 is 2.08 bits per heavy atom. The van der Waals surface area contributed by atoms with Gasteiger partial charge in [0.15, 0.2) is 0 Å². The summed E-state index contributed by atoms with van der Waals surface area (Å²) in [4.78, 5) is 0. The summed E-state index contributed by atoms with van der Waals surface area (Å²) in [7, 11) is 0. The summed E-state index contributed by atoms with van der Waals surface area (Å²) < 4.78 is 5.23. The van der Waals surface area contributed by atoms with E-state index in [1.165, 1.54) is 0 Å². The average Bonchev–Trinajstić information content (AvgIpc) is 2.03. The van der Waals surface area contributed by atoms with Crippen LogP contribution < -0.4 is 10.5 Å². The van der Waals surface area contributed by atoms with Crippen LogP contribution in [0.1, 0.15) is 0 Å². The number of rotatable bonds is 3. The lowest BCUT2D eigenvalue weighted by atomic mass is 10.3. The van der Waals surface area contributed by atoms with Gasteiger partial charge >= 0.3 is 0 Å². The van der Waals surface area contributed by atoms with E-state index in [0.29, 0.717) is 28.9 Å². The molecule has 0 aromatic heterocycles. The molecule has 0 aliphatic heterocycles. The van der Waals surface area contributed by atoms with Crippen LogP contribution in [0.15, 0.2) is 18.2 Å². The molecule has 0 saturated heterocycles. The molecule has 1 aromatic carbocycles. The molecule has 1 aromatic rings. The highest BCUT2D eigenvalue weighted by molar-refractivity contribution is 6.35. The molecule has 0 fully saturated rings. The van der Waals surface area contributed by atoms with Crippen LogP contribution in [0.25, 0.3) is 0 Å². The van der Waals surface area contributed by atoms with Crippen molar-refractivity contribution in [1.29, 1.82) is 0 Å². The maximum absolute atomic E-state index is 5.81. The van der Waals surface area contributed by atoms with Crippen molar-refractivity contribution in [1.82, 2.24) is 0 Å². The van der Waals surface area contributed by atoms with E-state index in [1.54, 1.807) is 18.2 Å². The monoisotopic (exact) mass is 205 g/mol. The largest absolute Gasteiger partial charge is 0.491 e. The summed E-state index contributed by atoms with van der Waals surface area (Å²) >= 11 is 11.5. The molecule has 66 valence electrons. The average molecular weight is 206 g/mol. The Labute approximate surface area is 81.2 Å². The van der Waals surface area contributed by atoms with Crippen molar-refractivity contribution in [2.75, 3.05) is 13.2 Å². The van der Waals surface area contributed by atoms with Crippen LogP contribution in [0.3, 0.4) is 0 Å². The quantitative estimate of drug-likeness (QED) is 0.823. The molecule has 1 rings (SSSR count). The lowest BCUT2D eigenvalue weighted by molar-refractivity contribution is 0.328.